The van der Waals surface area contributed by atoms with E-state index >= 15 is 0 Å². The maximum absolute atomic E-state index is 13.0. The first kappa shape index (κ1) is 10.6. The predicted octanol–water partition coefficient (Wildman–Crippen LogP) is 2.04. The number of benzene rings is 1. The molecule has 0 bridgehead atoms. The van der Waals surface area contributed by atoms with Gasteiger partial charge < -0.3 is 5.11 Å². The van der Waals surface area contributed by atoms with Crippen LogP contribution in [0.5, 0.6) is 0 Å². The zero-order valence-electron chi connectivity index (χ0n) is 7.27. The normalized spacial score (nSPS) is 10.3. The van der Waals surface area contributed by atoms with Gasteiger partial charge in [-0.25, -0.2) is 13.2 Å². The molecule has 0 spiro atoms. The quantitative estimate of drug-likeness (QED) is 0.748. The molecule has 0 aromatic heterocycles. The van der Waals surface area contributed by atoms with Crippen LogP contribution in [0, 0.1) is 24.4 Å². The van der Waals surface area contributed by atoms with Gasteiger partial charge in [0.25, 0.3) is 0 Å². The zero-order valence-corrected chi connectivity index (χ0v) is 7.27. The molecule has 14 heavy (non-hydrogen) atoms. The van der Waals surface area contributed by atoms with Gasteiger partial charge in [-0.1, -0.05) is 0 Å². The third-order valence-electron chi connectivity index (χ3n) is 1.81. The van der Waals surface area contributed by atoms with Gasteiger partial charge in [-0.15, -0.1) is 0 Å². The zero-order chi connectivity index (χ0) is 10.9. The molecule has 0 radical (unpaired) electrons. The van der Waals surface area contributed by atoms with Crippen LogP contribution in [0.15, 0.2) is 6.07 Å². The molecule has 1 aromatic carbocycles. The number of carbonyl (C=O) groups is 1. The molecule has 2 nitrogen and oxygen atoms in total. The number of rotatable bonds is 2. The predicted molar refractivity (Wildman–Crippen MR) is 42.4 cm³/mol. The van der Waals surface area contributed by atoms with Crippen LogP contribution in [0.3, 0.4) is 0 Å². The van der Waals surface area contributed by atoms with Crippen molar-refractivity contribution >= 4 is 5.97 Å². The minimum Gasteiger partial charge on any atom is -0.481 e. The van der Waals surface area contributed by atoms with Crippen molar-refractivity contribution in [3.8, 4) is 0 Å². The van der Waals surface area contributed by atoms with Gasteiger partial charge >= 0.3 is 5.97 Å². The van der Waals surface area contributed by atoms with Crippen molar-refractivity contribution in [1.82, 2.24) is 0 Å². The highest BCUT2D eigenvalue weighted by atomic mass is 19.2. The van der Waals surface area contributed by atoms with Crippen LogP contribution in [0.2, 0.25) is 0 Å². The SMILES string of the molecule is Cc1cc(F)c(F)c(F)c1CC(=O)O. The van der Waals surface area contributed by atoms with Gasteiger partial charge in [0.15, 0.2) is 17.5 Å². The van der Waals surface area contributed by atoms with Gasteiger partial charge in [0.05, 0.1) is 6.42 Å². The van der Waals surface area contributed by atoms with Crippen molar-refractivity contribution in [2.45, 2.75) is 13.3 Å². The largest absolute Gasteiger partial charge is 0.481 e. The number of halogens is 3. The van der Waals surface area contributed by atoms with Gasteiger partial charge in [0.2, 0.25) is 0 Å². The number of hydrogen-bond acceptors (Lipinski definition) is 1. The lowest BCUT2D eigenvalue weighted by molar-refractivity contribution is -0.136. The second-order valence-electron chi connectivity index (χ2n) is 2.85. The Hall–Kier alpha value is -1.52. The number of carboxylic acid groups (broad SMARTS) is 1. The molecule has 1 N–H and O–H groups in total. The Morgan fingerprint density at radius 2 is 1.93 bits per heavy atom. The Labute approximate surface area is 78.0 Å². The molecule has 76 valence electrons. The fourth-order valence-electron chi connectivity index (χ4n) is 1.12. The summed E-state index contributed by atoms with van der Waals surface area (Å²) in [5.41, 5.74) is -0.236. The molecular formula is C9H7F3O2. The van der Waals surface area contributed by atoms with Gasteiger partial charge in [0.1, 0.15) is 0 Å². The van der Waals surface area contributed by atoms with E-state index in [1.54, 1.807) is 0 Å². The first-order valence-corrected chi connectivity index (χ1v) is 3.78. The molecule has 0 unspecified atom stereocenters. The molecular weight excluding hydrogens is 197 g/mol. The number of carboxylic acids is 1. The molecule has 0 saturated heterocycles. The van der Waals surface area contributed by atoms with Gasteiger partial charge in [-0.2, -0.15) is 0 Å². The van der Waals surface area contributed by atoms with E-state index in [1.807, 2.05) is 0 Å². The second kappa shape index (κ2) is 3.69. The average Bonchev–Trinajstić information content (AvgIpc) is 2.09. The van der Waals surface area contributed by atoms with Gasteiger partial charge in [-0.05, 0) is 18.6 Å². The first-order valence-electron chi connectivity index (χ1n) is 3.78. The van der Waals surface area contributed by atoms with Gasteiger partial charge in [0, 0.05) is 5.56 Å². The van der Waals surface area contributed by atoms with Crippen molar-refractivity contribution in [2.75, 3.05) is 0 Å². The van der Waals surface area contributed by atoms with Crippen molar-refractivity contribution in [1.29, 1.82) is 0 Å². The lowest BCUT2D eigenvalue weighted by Gasteiger charge is -2.06. The Kier molecular flexibility index (Phi) is 2.78. The molecule has 0 aliphatic rings. The molecule has 0 aliphatic heterocycles. The Bertz CT molecular complexity index is 388. The minimum absolute atomic E-state index is 0.0869. The van der Waals surface area contributed by atoms with Crippen LogP contribution in [0.25, 0.3) is 0 Å². The number of aryl methyl sites for hydroxylation is 1. The summed E-state index contributed by atoms with van der Waals surface area (Å²) >= 11 is 0. The van der Waals surface area contributed by atoms with Crippen molar-refractivity contribution in [3.05, 3.63) is 34.6 Å². The smallest absolute Gasteiger partial charge is 0.307 e. The van der Waals surface area contributed by atoms with Crippen LogP contribution >= 0.6 is 0 Å². The van der Waals surface area contributed by atoms with Gasteiger partial charge in [-0.3, -0.25) is 4.79 Å². The fourth-order valence-corrected chi connectivity index (χ4v) is 1.12. The fraction of sp³-hybridized carbons (Fsp3) is 0.222. The summed E-state index contributed by atoms with van der Waals surface area (Å²) in [7, 11) is 0. The van der Waals surface area contributed by atoms with Crippen LogP contribution in [-0.4, -0.2) is 11.1 Å². The van der Waals surface area contributed by atoms with E-state index in [-0.39, 0.29) is 11.1 Å². The van der Waals surface area contributed by atoms with E-state index in [4.69, 9.17) is 5.11 Å². The van der Waals surface area contributed by atoms with E-state index < -0.39 is 29.8 Å². The summed E-state index contributed by atoms with van der Waals surface area (Å²) in [5.74, 6) is -5.66. The second-order valence-corrected chi connectivity index (χ2v) is 2.85. The summed E-state index contributed by atoms with van der Waals surface area (Å²) < 4.78 is 38.3. The maximum Gasteiger partial charge on any atom is 0.307 e. The minimum atomic E-state index is -1.63. The molecule has 0 atom stereocenters. The summed E-state index contributed by atoms with van der Waals surface area (Å²) in [5, 5.41) is 8.39. The van der Waals surface area contributed by atoms with Crippen LogP contribution in [0.4, 0.5) is 13.2 Å². The van der Waals surface area contributed by atoms with E-state index in [0.717, 1.165) is 6.07 Å². The third-order valence-corrected chi connectivity index (χ3v) is 1.81. The van der Waals surface area contributed by atoms with Crippen LogP contribution < -0.4 is 0 Å². The number of hydrogen-bond donors (Lipinski definition) is 1. The maximum atomic E-state index is 13.0. The Morgan fingerprint density at radius 1 is 1.36 bits per heavy atom. The Morgan fingerprint density at radius 3 is 2.43 bits per heavy atom. The van der Waals surface area contributed by atoms with Crippen molar-refractivity contribution < 1.29 is 23.1 Å². The van der Waals surface area contributed by atoms with Crippen LogP contribution in [0.1, 0.15) is 11.1 Å². The van der Waals surface area contributed by atoms with Crippen molar-refractivity contribution in [2.24, 2.45) is 0 Å². The van der Waals surface area contributed by atoms with E-state index in [1.165, 1.54) is 6.92 Å². The monoisotopic (exact) mass is 204 g/mol. The molecule has 0 heterocycles. The van der Waals surface area contributed by atoms with Crippen molar-refractivity contribution in [3.63, 3.8) is 0 Å². The van der Waals surface area contributed by atoms with Crippen LogP contribution in [-0.2, 0) is 11.2 Å². The molecule has 1 aromatic rings. The average molecular weight is 204 g/mol. The highest BCUT2D eigenvalue weighted by Crippen LogP contribution is 2.19. The topological polar surface area (TPSA) is 37.3 Å². The highest BCUT2D eigenvalue weighted by Gasteiger charge is 2.18. The number of aliphatic carboxylic acids is 1. The lowest BCUT2D eigenvalue weighted by Crippen LogP contribution is -2.07. The summed E-state index contributed by atoms with van der Waals surface area (Å²) in [6.07, 6.45) is -0.658. The summed E-state index contributed by atoms with van der Waals surface area (Å²) in [4.78, 5) is 10.3. The summed E-state index contributed by atoms with van der Waals surface area (Å²) in [6.45, 7) is 1.32. The molecule has 0 amide bonds. The Balaban J connectivity index is 3.29. The molecule has 5 heteroatoms. The molecule has 1 rings (SSSR count). The van der Waals surface area contributed by atoms with E-state index in [2.05, 4.69) is 0 Å². The standard InChI is InChI=1S/C9H7F3O2/c1-4-2-6(10)9(12)8(11)5(4)3-7(13)14/h2H,3H2,1H3,(H,13,14). The van der Waals surface area contributed by atoms with E-state index in [0.29, 0.717) is 0 Å². The molecule has 0 saturated carbocycles. The molecule has 0 aliphatic carbocycles. The third kappa shape index (κ3) is 1.86. The highest BCUT2D eigenvalue weighted by molar-refractivity contribution is 5.70. The van der Waals surface area contributed by atoms with E-state index in [9.17, 15) is 18.0 Å². The lowest BCUT2D eigenvalue weighted by atomic mass is 10.0. The molecule has 0 fully saturated rings. The first-order chi connectivity index (χ1) is 6.43. The summed E-state index contributed by atoms with van der Waals surface area (Å²) in [6, 6.07) is 0.774.